The van der Waals surface area contributed by atoms with E-state index in [2.05, 4.69) is 55.5 Å². The highest BCUT2D eigenvalue weighted by Gasteiger charge is 2.15. The van der Waals surface area contributed by atoms with Crippen LogP contribution in [0.1, 0.15) is 19.8 Å². The maximum Gasteiger partial charge on any atom is 0.189 e. The van der Waals surface area contributed by atoms with Crippen molar-refractivity contribution in [3.05, 3.63) is 60.7 Å². The van der Waals surface area contributed by atoms with Crippen molar-refractivity contribution >= 4 is 35.4 Å². The minimum absolute atomic E-state index is 0.312. The lowest BCUT2D eigenvalue weighted by atomic mass is 10.4. The van der Waals surface area contributed by atoms with Crippen LogP contribution < -0.4 is 10.6 Å². The SMILES string of the molecule is CCCC(=O)SCP(c1ccccc1)c1ccccc1. The summed E-state index contributed by atoms with van der Waals surface area (Å²) >= 11 is 1.49. The van der Waals surface area contributed by atoms with E-state index in [1.165, 1.54) is 22.4 Å². The molecule has 1 nitrogen and oxygen atoms in total. The Morgan fingerprint density at radius 1 is 0.950 bits per heavy atom. The first-order chi connectivity index (χ1) is 9.81. The molecule has 0 saturated heterocycles. The first-order valence-electron chi connectivity index (χ1n) is 6.84. The van der Waals surface area contributed by atoms with E-state index in [1.54, 1.807) is 0 Å². The van der Waals surface area contributed by atoms with Crippen molar-refractivity contribution in [1.29, 1.82) is 0 Å². The molecule has 2 rings (SSSR count). The van der Waals surface area contributed by atoms with Crippen LogP contribution in [0.5, 0.6) is 0 Å². The second kappa shape index (κ2) is 8.24. The van der Waals surface area contributed by atoms with Gasteiger partial charge in [0.15, 0.2) is 5.12 Å². The lowest BCUT2D eigenvalue weighted by molar-refractivity contribution is -0.110. The van der Waals surface area contributed by atoms with Crippen LogP contribution >= 0.6 is 19.7 Å². The van der Waals surface area contributed by atoms with Crippen molar-refractivity contribution in [2.75, 3.05) is 5.49 Å². The summed E-state index contributed by atoms with van der Waals surface area (Å²) in [4.78, 5) is 11.8. The summed E-state index contributed by atoms with van der Waals surface area (Å²) in [5.74, 6) is 0. The van der Waals surface area contributed by atoms with Crippen molar-refractivity contribution in [3.63, 3.8) is 0 Å². The van der Waals surface area contributed by atoms with Gasteiger partial charge in [0.05, 0.1) is 0 Å². The lowest BCUT2D eigenvalue weighted by Crippen LogP contribution is -2.13. The van der Waals surface area contributed by atoms with Gasteiger partial charge in [-0.2, -0.15) is 0 Å². The molecule has 2 aromatic rings. The van der Waals surface area contributed by atoms with Crippen LogP contribution in [0.4, 0.5) is 0 Å². The molecule has 0 N–H and O–H groups in total. The van der Waals surface area contributed by atoms with Gasteiger partial charge >= 0.3 is 0 Å². The van der Waals surface area contributed by atoms with Gasteiger partial charge in [-0.05, 0) is 25.0 Å². The van der Waals surface area contributed by atoms with Gasteiger partial charge in [-0.1, -0.05) is 79.3 Å². The summed E-state index contributed by atoms with van der Waals surface area (Å²) in [6.45, 7) is 2.05. The van der Waals surface area contributed by atoms with Gasteiger partial charge in [0.25, 0.3) is 0 Å². The molecular weight excluding hydrogens is 283 g/mol. The molecule has 0 aliphatic rings. The standard InChI is InChI=1S/C17H19OPS/c1-2-9-17(18)20-14-19(15-10-5-3-6-11-15)16-12-7-4-8-13-16/h3-8,10-13H,2,9,14H2,1H3. The van der Waals surface area contributed by atoms with Gasteiger partial charge < -0.3 is 0 Å². The third-order valence-corrected chi connectivity index (χ3v) is 6.86. The van der Waals surface area contributed by atoms with E-state index in [0.717, 1.165) is 11.9 Å². The fourth-order valence-corrected chi connectivity index (χ4v) is 5.92. The lowest BCUT2D eigenvalue weighted by Gasteiger charge is -2.17. The third kappa shape index (κ3) is 4.47. The van der Waals surface area contributed by atoms with E-state index in [1.807, 2.05) is 12.1 Å². The summed E-state index contributed by atoms with van der Waals surface area (Å²) in [6.07, 6.45) is 1.61. The van der Waals surface area contributed by atoms with Crippen molar-refractivity contribution < 1.29 is 4.79 Å². The molecule has 0 heterocycles. The van der Waals surface area contributed by atoms with Crippen LogP contribution in [-0.4, -0.2) is 10.6 Å². The molecule has 0 radical (unpaired) electrons. The van der Waals surface area contributed by atoms with E-state index >= 15 is 0 Å². The minimum atomic E-state index is -0.452. The fraction of sp³-hybridized carbons (Fsp3) is 0.235. The molecule has 0 spiro atoms. The zero-order valence-corrected chi connectivity index (χ0v) is 13.4. The molecule has 104 valence electrons. The van der Waals surface area contributed by atoms with E-state index in [0.29, 0.717) is 11.5 Å². The van der Waals surface area contributed by atoms with Gasteiger partial charge in [-0.3, -0.25) is 4.79 Å². The second-order valence-electron chi connectivity index (χ2n) is 4.49. The largest absolute Gasteiger partial charge is 0.287 e. The highest BCUT2D eigenvalue weighted by atomic mass is 32.2. The summed E-state index contributed by atoms with van der Waals surface area (Å²) in [5.41, 5.74) is 0.877. The Labute approximate surface area is 126 Å². The number of rotatable bonds is 6. The molecule has 0 unspecified atom stereocenters. The summed E-state index contributed by atoms with van der Waals surface area (Å²) in [7, 11) is -0.452. The predicted octanol–water partition coefficient (Wildman–Crippen LogP) is 4.14. The third-order valence-electron chi connectivity index (χ3n) is 2.94. The Kier molecular flexibility index (Phi) is 6.29. The van der Waals surface area contributed by atoms with Gasteiger partial charge in [0, 0.05) is 11.9 Å². The zero-order chi connectivity index (χ0) is 14.2. The molecule has 0 saturated carbocycles. The number of benzene rings is 2. The molecule has 0 aliphatic carbocycles. The first kappa shape index (κ1) is 15.3. The summed E-state index contributed by atoms with van der Waals surface area (Å²) < 4.78 is 0. The Balaban J connectivity index is 2.15. The quantitative estimate of drug-likeness (QED) is 0.746. The van der Waals surface area contributed by atoms with E-state index < -0.39 is 7.92 Å². The average molecular weight is 302 g/mol. The maximum absolute atomic E-state index is 11.8. The number of thioether (sulfide) groups is 1. The fourth-order valence-electron chi connectivity index (χ4n) is 1.93. The molecule has 0 fully saturated rings. The average Bonchev–Trinajstić information content (AvgIpc) is 2.50. The molecule has 20 heavy (non-hydrogen) atoms. The zero-order valence-electron chi connectivity index (χ0n) is 11.7. The molecule has 0 aromatic heterocycles. The molecule has 3 heteroatoms. The first-order valence-corrected chi connectivity index (χ1v) is 9.35. The Bertz CT molecular complexity index is 488. The monoisotopic (exact) mass is 302 g/mol. The van der Waals surface area contributed by atoms with Crippen molar-refractivity contribution in [2.45, 2.75) is 19.8 Å². The molecule has 0 bridgehead atoms. The topological polar surface area (TPSA) is 17.1 Å². The Morgan fingerprint density at radius 2 is 1.45 bits per heavy atom. The summed E-state index contributed by atoms with van der Waals surface area (Å²) in [6, 6.07) is 21.1. The highest BCUT2D eigenvalue weighted by Crippen LogP contribution is 2.37. The van der Waals surface area contributed by atoms with Crippen LogP contribution in [-0.2, 0) is 4.79 Å². The van der Waals surface area contributed by atoms with Gasteiger partial charge in [-0.15, -0.1) is 0 Å². The molecule has 0 aliphatic heterocycles. The van der Waals surface area contributed by atoms with Crippen molar-refractivity contribution in [1.82, 2.24) is 0 Å². The highest BCUT2D eigenvalue weighted by molar-refractivity contribution is 8.18. The van der Waals surface area contributed by atoms with Crippen LogP contribution in [0.15, 0.2) is 60.7 Å². The smallest absolute Gasteiger partial charge is 0.189 e. The van der Waals surface area contributed by atoms with E-state index in [4.69, 9.17) is 0 Å². The number of carbonyl (C=O) groups is 1. The molecule has 0 amide bonds. The van der Waals surface area contributed by atoms with Crippen LogP contribution in [0.3, 0.4) is 0 Å². The van der Waals surface area contributed by atoms with Crippen LogP contribution in [0.25, 0.3) is 0 Å². The number of hydrogen-bond acceptors (Lipinski definition) is 2. The summed E-state index contributed by atoms with van der Waals surface area (Å²) in [5, 5.41) is 2.99. The van der Waals surface area contributed by atoms with Gasteiger partial charge in [0.1, 0.15) is 0 Å². The van der Waals surface area contributed by atoms with E-state index in [-0.39, 0.29) is 0 Å². The Hall–Kier alpha value is -1.11. The second-order valence-corrected chi connectivity index (χ2v) is 8.16. The van der Waals surface area contributed by atoms with Crippen LogP contribution in [0.2, 0.25) is 0 Å². The number of carbonyl (C=O) groups excluding carboxylic acids is 1. The molecular formula is C17H19OPS. The van der Waals surface area contributed by atoms with E-state index in [9.17, 15) is 4.79 Å². The predicted molar refractivity (Wildman–Crippen MR) is 91.4 cm³/mol. The van der Waals surface area contributed by atoms with Crippen molar-refractivity contribution in [3.8, 4) is 0 Å². The van der Waals surface area contributed by atoms with Crippen molar-refractivity contribution in [2.24, 2.45) is 0 Å². The minimum Gasteiger partial charge on any atom is -0.287 e. The normalized spacial score (nSPS) is 10.7. The maximum atomic E-state index is 11.8. The van der Waals surface area contributed by atoms with Crippen LogP contribution in [0, 0.1) is 0 Å². The molecule has 0 atom stereocenters. The van der Waals surface area contributed by atoms with Gasteiger partial charge in [-0.25, -0.2) is 0 Å². The number of hydrogen-bond donors (Lipinski definition) is 0. The molecule has 2 aromatic carbocycles. The Morgan fingerprint density at radius 3 is 1.90 bits per heavy atom. The van der Waals surface area contributed by atoms with Gasteiger partial charge in [0.2, 0.25) is 0 Å².